The van der Waals surface area contributed by atoms with Gasteiger partial charge in [-0.1, -0.05) is 0 Å². The molecule has 0 atom stereocenters. The van der Waals surface area contributed by atoms with Crippen LogP contribution in [0, 0.1) is 0 Å². The molecule has 0 spiro atoms. The van der Waals surface area contributed by atoms with Gasteiger partial charge in [0.2, 0.25) is 0 Å². The first-order chi connectivity index (χ1) is 19.4. The van der Waals surface area contributed by atoms with Crippen LogP contribution < -0.4 is 0 Å². The molecule has 180 valence electrons. The standard InChI is InChI=1S/C36H19NSSe/c1-3-14-27-20(8-1)21-10-6-15-28-32(21)33-22(11-7-16-29(33)38-28)23-12-5-13-24-25-18-19-31-34(36(25)37(27)35(23)24)26-9-2-4-17-30(26)39-31/h1-19H. The Morgan fingerprint density at radius 3 is 1.82 bits per heavy atom. The van der Waals surface area contributed by atoms with Crippen LogP contribution >= 0.6 is 11.3 Å². The molecule has 0 saturated carbocycles. The zero-order valence-corrected chi connectivity index (χ0v) is 23.3. The average molecular weight is 577 g/mol. The van der Waals surface area contributed by atoms with Gasteiger partial charge in [-0.15, -0.1) is 0 Å². The molecular weight excluding hydrogens is 557 g/mol. The first kappa shape index (κ1) is 20.8. The maximum atomic E-state index is 2.61. The van der Waals surface area contributed by atoms with Gasteiger partial charge in [-0.3, -0.25) is 0 Å². The second-order valence-electron chi connectivity index (χ2n) is 10.4. The molecule has 0 radical (unpaired) electrons. The summed E-state index contributed by atoms with van der Waals surface area (Å²) in [4.78, 5) is 0. The predicted molar refractivity (Wildman–Crippen MR) is 172 cm³/mol. The van der Waals surface area contributed by atoms with Crippen LogP contribution in [0.1, 0.15) is 0 Å². The minimum absolute atomic E-state index is 0.318. The predicted octanol–water partition coefficient (Wildman–Crippen LogP) is 10.3. The summed E-state index contributed by atoms with van der Waals surface area (Å²) in [6.07, 6.45) is 0. The van der Waals surface area contributed by atoms with Crippen molar-refractivity contribution in [3.63, 3.8) is 0 Å². The van der Waals surface area contributed by atoms with E-state index in [1.54, 1.807) is 0 Å². The molecule has 3 heteroatoms. The zero-order chi connectivity index (χ0) is 25.2. The van der Waals surface area contributed by atoms with Crippen LogP contribution in [-0.2, 0) is 0 Å². The van der Waals surface area contributed by atoms with Gasteiger partial charge < -0.3 is 0 Å². The van der Waals surface area contributed by atoms with Gasteiger partial charge in [0.1, 0.15) is 0 Å². The number of aromatic nitrogens is 1. The Morgan fingerprint density at radius 2 is 1.00 bits per heavy atom. The summed E-state index contributed by atoms with van der Waals surface area (Å²) in [7, 11) is 0. The summed E-state index contributed by atoms with van der Waals surface area (Å²) in [5, 5.41) is 13.5. The van der Waals surface area contributed by atoms with Crippen LogP contribution in [0.3, 0.4) is 0 Å². The summed E-state index contributed by atoms with van der Waals surface area (Å²) in [6, 6.07) is 43.5. The van der Waals surface area contributed by atoms with Gasteiger partial charge in [0.15, 0.2) is 0 Å². The van der Waals surface area contributed by atoms with E-state index in [0.29, 0.717) is 14.5 Å². The molecule has 0 aliphatic heterocycles. The molecule has 39 heavy (non-hydrogen) atoms. The van der Waals surface area contributed by atoms with E-state index >= 15 is 0 Å². The Balaban J connectivity index is 1.70. The van der Waals surface area contributed by atoms with Crippen molar-refractivity contribution >= 4 is 114 Å². The summed E-state index contributed by atoms with van der Waals surface area (Å²) < 4.78 is 8.28. The maximum absolute atomic E-state index is 2.61. The Kier molecular flexibility index (Phi) is 3.88. The number of rotatable bonds is 0. The van der Waals surface area contributed by atoms with E-state index in [4.69, 9.17) is 0 Å². The van der Waals surface area contributed by atoms with Crippen molar-refractivity contribution in [1.29, 1.82) is 0 Å². The van der Waals surface area contributed by atoms with Gasteiger partial charge in [-0.05, 0) is 0 Å². The van der Waals surface area contributed by atoms with Crippen LogP contribution in [0.2, 0.25) is 0 Å². The number of thiophene rings is 1. The Hall–Kier alpha value is -4.14. The summed E-state index contributed by atoms with van der Waals surface area (Å²) in [6.45, 7) is 0. The number of nitrogens with zero attached hydrogens (tertiary/aromatic N) is 1. The topological polar surface area (TPSA) is 4.41 Å². The molecule has 0 saturated heterocycles. The third-order valence-electron chi connectivity index (χ3n) is 8.54. The molecule has 0 bridgehead atoms. The molecular formula is C36H19NSSe. The minimum atomic E-state index is 0.318. The third kappa shape index (κ3) is 2.52. The van der Waals surface area contributed by atoms with Crippen LogP contribution in [0.25, 0.3) is 88.3 Å². The first-order valence-electron chi connectivity index (χ1n) is 13.3. The first-order valence-corrected chi connectivity index (χ1v) is 15.8. The van der Waals surface area contributed by atoms with Crippen molar-refractivity contribution in [3.8, 4) is 0 Å². The fraction of sp³-hybridized carbons (Fsp3) is 0. The van der Waals surface area contributed by atoms with Crippen molar-refractivity contribution in [2.24, 2.45) is 0 Å². The van der Waals surface area contributed by atoms with E-state index in [9.17, 15) is 0 Å². The Labute approximate surface area is 232 Å². The molecule has 0 unspecified atom stereocenters. The Bertz CT molecular complexity index is 2670. The monoisotopic (exact) mass is 577 g/mol. The van der Waals surface area contributed by atoms with Gasteiger partial charge in [0, 0.05) is 0 Å². The second-order valence-corrected chi connectivity index (χ2v) is 13.8. The third-order valence-corrected chi connectivity index (χ3v) is 12.0. The van der Waals surface area contributed by atoms with Crippen molar-refractivity contribution in [1.82, 2.24) is 4.40 Å². The van der Waals surface area contributed by atoms with E-state index in [1.807, 2.05) is 11.3 Å². The van der Waals surface area contributed by atoms with E-state index in [2.05, 4.69) is 120 Å². The van der Waals surface area contributed by atoms with Gasteiger partial charge in [0.05, 0.1) is 0 Å². The molecule has 0 aliphatic rings. The van der Waals surface area contributed by atoms with E-state index in [1.165, 1.54) is 88.3 Å². The van der Waals surface area contributed by atoms with Crippen molar-refractivity contribution < 1.29 is 0 Å². The zero-order valence-electron chi connectivity index (χ0n) is 20.7. The quantitative estimate of drug-likeness (QED) is 0.158. The van der Waals surface area contributed by atoms with Gasteiger partial charge in [0.25, 0.3) is 0 Å². The van der Waals surface area contributed by atoms with E-state index in [-0.39, 0.29) is 0 Å². The summed E-state index contributed by atoms with van der Waals surface area (Å²) in [5.74, 6) is 0. The second kappa shape index (κ2) is 7.28. The number of hydrogen-bond acceptors (Lipinski definition) is 1. The van der Waals surface area contributed by atoms with Crippen molar-refractivity contribution in [3.05, 3.63) is 115 Å². The number of para-hydroxylation sites is 2. The van der Waals surface area contributed by atoms with E-state index < -0.39 is 0 Å². The average Bonchev–Trinajstić information content (AvgIpc) is 3.66. The van der Waals surface area contributed by atoms with Gasteiger partial charge in [-0.2, -0.15) is 0 Å². The fourth-order valence-corrected chi connectivity index (χ4v) is 10.5. The van der Waals surface area contributed by atoms with Crippen molar-refractivity contribution in [2.45, 2.75) is 0 Å². The molecule has 4 heterocycles. The van der Waals surface area contributed by atoms with E-state index in [0.717, 1.165) is 0 Å². The normalized spacial score (nSPS) is 12.6. The number of fused-ring (bicyclic) bond motifs is 11. The summed E-state index contributed by atoms with van der Waals surface area (Å²) >= 11 is 2.23. The molecule has 4 aromatic heterocycles. The van der Waals surface area contributed by atoms with Crippen molar-refractivity contribution in [2.75, 3.05) is 0 Å². The van der Waals surface area contributed by atoms with Gasteiger partial charge in [-0.25, -0.2) is 0 Å². The van der Waals surface area contributed by atoms with Gasteiger partial charge >= 0.3 is 234 Å². The van der Waals surface area contributed by atoms with Crippen LogP contribution in [-0.4, -0.2) is 18.9 Å². The Morgan fingerprint density at radius 1 is 0.410 bits per heavy atom. The van der Waals surface area contributed by atoms with Crippen LogP contribution in [0.15, 0.2) is 115 Å². The SMILES string of the molecule is c1ccc2c(c1)[se]c1ccc3c4cccc5c6cccc7sc8cccc(c9ccccc9n(c54)c3c12)c8c76. The molecule has 0 amide bonds. The molecule has 6 aromatic carbocycles. The molecule has 0 aliphatic carbocycles. The molecule has 0 fully saturated rings. The molecule has 10 aromatic rings. The summed E-state index contributed by atoms with van der Waals surface area (Å²) in [5.41, 5.74) is 3.91. The molecule has 1 nitrogen and oxygen atoms in total. The fourth-order valence-electron chi connectivity index (χ4n) is 7.03. The van der Waals surface area contributed by atoms with Crippen LogP contribution in [0.4, 0.5) is 0 Å². The van der Waals surface area contributed by atoms with Crippen LogP contribution in [0.5, 0.6) is 0 Å². The number of benzene rings is 6. The molecule has 0 N–H and O–H groups in total. The number of hydrogen-bond donors (Lipinski definition) is 0. The molecule has 10 rings (SSSR count).